The van der Waals surface area contributed by atoms with Crippen LogP contribution in [0.3, 0.4) is 0 Å². The molecule has 8 nitrogen and oxygen atoms in total. The number of nitrogens with one attached hydrogen (secondary N) is 2. The monoisotopic (exact) mass is 365 g/mol. The number of hydrogen-bond donors (Lipinski definition) is 2. The zero-order valence-electron chi connectivity index (χ0n) is 15.5. The Hall–Kier alpha value is -3.55. The van der Waals surface area contributed by atoms with Crippen LogP contribution in [0.1, 0.15) is 5.69 Å². The Morgan fingerprint density at radius 3 is 2.19 bits per heavy atom. The highest BCUT2D eigenvalue weighted by molar-refractivity contribution is 5.94. The Balaban J connectivity index is 1.90. The Kier molecular flexibility index (Phi) is 4.15. The Bertz CT molecular complexity index is 1090. The van der Waals surface area contributed by atoms with Gasteiger partial charge in [0, 0.05) is 34.0 Å². The average molecular weight is 365 g/mol. The van der Waals surface area contributed by atoms with Crippen molar-refractivity contribution < 1.29 is 14.2 Å². The first-order valence-corrected chi connectivity index (χ1v) is 8.31. The smallest absolute Gasteiger partial charge is 0.203 e. The second kappa shape index (κ2) is 6.64. The lowest BCUT2D eigenvalue weighted by Gasteiger charge is -2.13. The van der Waals surface area contributed by atoms with E-state index in [0.717, 1.165) is 33.5 Å². The van der Waals surface area contributed by atoms with Crippen molar-refractivity contribution in [1.82, 2.24) is 25.4 Å². The Labute approximate surface area is 155 Å². The lowest BCUT2D eigenvalue weighted by Crippen LogP contribution is -1.96. The van der Waals surface area contributed by atoms with Crippen molar-refractivity contribution in [3.05, 3.63) is 36.3 Å². The molecule has 0 saturated heterocycles. The molecule has 0 amide bonds. The molecule has 27 heavy (non-hydrogen) atoms. The van der Waals surface area contributed by atoms with Gasteiger partial charge in [-0.3, -0.25) is 10.2 Å². The van der Waals surface area contributed by atoms with Crippen molar-refractivity contribution in [3.8, 4) is 39.6 Å². The lowest BCUT2D eigenvalue weighted by atomic mass is 10.0. The maximum Gasteiger partial charge on any atom is 0.203 e. The number of hydrogen-bond acceptors (Lipinski definition) is 6. The molecule has 0 fully saturated rings. The number of ether oxygens (including phenoxy) is 3. The van der Waals surface area contributed by atoms with E-state index in [-0.39, 0.29) is 0 Å². The summed E-state index contributed by atoms with van der Waals surface area (Å²) in [6, 6.07) is 5.80. The third kappa shape index (κ3) is 2.75. The molecule has 3 heterocycles. The van der Waals surface area contributed by atoms with E-state index in [9.17, 15) is 0 Å². The van der Waals surface area contributed by atoms with Gasteiger partial charge in [-0.15, -0.1) is 0 Å². The molecule has 138 valence electrons. The quantitative estimate of drug-likeness (QED) is 0.563. The van der Waals surface area contributed by atoms with Gasteiger partial charge in [-0.1, -0.05) is 0 Å². The maximum absolute atomic E-state index is 5.46. The summed E-state index contributed by atoms with van der Waals surface area (Å²) in [5, 5.41) is 15.3. The van der Waals surface area contributed by atoms with Crippen molar-refractivity contribution in [3.63, 3.8) is 0 Å². The van der Waals surface area contributed by atoms with Gasteiger partial charge < -0.3 is 14.2 Å². The molecule has 0 unspecified atom stereocenters. The summed E-state index contributed by atoms with van der Waals surface area (Å²) in [5.74, 6) is 1.69. The first-order chi connectivity index (χ1) is 13.2. The molecule has 2 N–H and O–H groups in total. The van der Waals surface area contributed by atoms with E-state index in [1.807, 2.05) is 25.1 Å². The number of aryl methyl sites for hydroxylation is 1. The molecule has 0 atom stereocenters. The van der Waals surface area contributed by atoms with Gasteiger partial charge in [-0.2, -0.15) is 10.2 Å². The van der Waals surface area contributed by atoms with Crippen LogP contribution in [-0.4, -0.2) is 46.7 Å². The molecule has 0 aliphatic carbocycles. The minimum Gasteiger partial charge on any atom is -0.493 e. The molecule has 3 aromatic heterocycles. The third-order valence-corrected chi connectivity index (χ3v) is 4.50. The molecule has 0 aliphatic rings. The number of H-pyrrole nitrogens is 2. The van der Waals surface area contributed by atoms with Crippen molar-refractivity contribution in [1.29, 1.82) is 0 Å². The Morgan fingerprint density at radius 2 is 1.59 bits per heavy atom. The standard InChI is InChI=1S/C19H19N5O3/c1-10-14(9-21-22-10)12-5-13-17(23-24-19(13)20-8-12)11-6-15(25-2)18(27-4)16(7-11)26-3/h5-9H,1-4H3,(H,21,22)(H,20,23,24). The second-order valence-electron chi connectivity index (χ2n) is 6.02. The molecule has 4 aromatic rings. The van der Waals surface area contributed by atoms with E-state index < -0.39 is 0 Å². The molecule has 0 radical (unpaired) electrons. The van der Waals surface area contributed by atoms with E-state index in [4.69, 9.17) is 14.2 Å². The fourth-order valence-corrected chi connectivity index (χ4v) is 3.13. The number of nitrogens with zero attached hydrogens (tertiary/aromatic N) is 3. The van der Waals surface area contributed by atoms with Gasteiger partial charge in [0.05, 0.1) is 33.2 Å². The van der Waals surface area contributed by atoms with Gasteiger partial charge in [-0.05, 0) is 25.1 Å². The highest BCUT2D eigenvalue weighted by Crippen LogP contribution is 2.42. The molecule has 1 aromatic carbocycles. The Morgan fingerprint density at radius 1 is 0.852 bits per heavy atom. The predicted octanol–water partition coefficient (Wildman–Crippen LogP) is 3.35. The van der Waals surface area contributed by atoms with Crippen LogP contribution in [0.25, 0.3) is 33.4 Å². The number of methoxy groups -OCH3 is 3. The van der Waals surface area contributed by atoms with E-state index in [0.29, 0.717) is 22.9 Å². The van der Waals surface area contributed by atoms with E-state index in [1.54, 1.807) is 33.7 Å². The minimum absolute atomic E-state index is 0.542. The summed E-state index contributed by atoms with van der Waals surface area (Å²) in [6.45, 7) is 1.97. The first kappa shape index (κ1) is 16.9. The number of fused-ring (bicyclic) bond motifs is 1. The molecule has 0 spiro atoms. The zero-order chi connectivity index (χ0) is 19.0. The fraction of sp³-hybridized carbons (Fsp3) is 0.211. The molecular weight excluding hydrogens is 346 g/mol. The largest absolute Gasteiger partial charge is 0.493 e. The van der Waals surface area contributed by atoms with E-state index in [1.165, 1.54) is 0 Å². The molecule has 4 rings (SSSR count). The number of pyridine rings is 1. The van der Waals surface area contributed by atoms with Crippen molar-refractivity contribution >= 4 is 11.0 Å². The summed E-state index contributed by atoms with van der Waals surface area (Å²) >= 11 is 0. The molecule has 0 saturated carbocycles. The summed E-state index contributed by atoms with van der Waals surface area (Å²) in [4.78, 5) is 4.47. The highest BCUT2D eigenvalue weighted by Gasteiger charge is 2.18. The number of aromatic amines is 2. The van der Waals surface area contributed by atoms with Crippen molar-refractivity contribution in [2.75, 3.05) is 21.3 Å². The van der Waals surface area contributed by atoms with E-state index >= 15 is 0 Å². The molecule has 0 aliphatic heterocycles. The van der Waals surface area contributed by atoms with Crippen LogP contribution in [0.4, 0.5) is 0 Å². The summed E-state index contributed by atoms with van der Waals surface area (Å²) in [6.07, 6.45) is 3.58. The van der Waals surface area contributed by atoms with Gasteiger partial charge >= 0.3 is 0 Å². The van der Waals surface area contributed by atoms with Crippen LogP contribution >= 0.6 is 0 Å². The van der Waals surface area contributed by atoms with Crippen LogP contribution in [0.15, 0.2) is 30.6 Å². The number of aromatic nitrogens is 5. The third-order valence-electron chi connectivity index (χ3n) is 4.50. The van der Waals surface area contributed by atoms with Gasteiger partial charge in [0.1, 0.15) is 0 Å². The van der Waals surface area contributed by atoms with Crippen LogP contribution < -0.4 is 14.2 Å². The maximum atomic E-state index is 5.46. The zero-order valence-corrected chi connectivity index (χ0v) is 15.5. The van der Waals surface area contributed by atoms with Crippen LogP contribution in [-0.2, 0) is 0 Å². The van der Waals surface area contributed by atoms with E-state index in [2.05, 4.69) is 25.4 Å². The van der Waals surface area contributed by atoms with Crippen LogP contribution in [0.5, 0.6) is 17.2 Å². The average Bonchev–Trinajstić information content (AvgIpc) is 3.32. The topological polar surface area (TPSA) is 97.9 Å². The second-order valence-corrected chi connectivity index (χ2v) is 6.02. The summed E-state index contributed by atoms with van der Waals surface area (Å²) in [5.41, 5.74) is 5.25. The molecule has 8 heteroatoms. The predicted molar refractivity (Wildman–Crippen MR) is 101 cm³/mol. The SMILES string of the molecule is COc1cc(-c2[nH]nc3ncc(-c4cn[nH]c4C)cc23)cc(OC)c1OC. The van der Waals surface area contributed by atoms with Gasteiger partial charge in [-0.25, -0.2) is 4.98 Å². The lowest BCUT2D eigenvalue weighted by molar-refractivity contribution is 0.324. The van der Waals surface area contributed by atoms with Crippen LogP contribution in [0, 0.1) is 6.92 Å². The summed E-state index contributed by atoms with van der Waals surface area (Å²) < 4.78 is 16.3. The van der Waals surface area contributed by atoms with Crippen molar-refractivity contribution in [2.45, 2.75) is 6.92 Å². The van der Waals surface area contributed by atoms with Gasteiger partial charge in [0.25, 0.3) is 0 Å². The molecule has 0 bridgehead atoms. The number of rotatable bonds is 5. The van der Waals surface area contributed by atoms with Crippen LogP contribution in [0.2, 0.25) is 0 Å². The normalized spacial score (nSPS) is 11.0. The van der Waals surface area contributed by atoms with Gasteiger partial charge in [0.15, 0.2) is 17.1 Å². The summed E-state index contributed by atoms with van der Waals surface area (Å²) in [7, 11) is 4.76. The fourth-order valence-electron chi connectivity index (χ4n) is 3.13. The van der Waals surface area contributed by atoms with Crippen molar-refractivity contribution in [2.24, 2.45) is 0 Å². The first-order valence-electron chi connectivity index (χ1n) is 8.31. The molecular formula is C19H19N5O3. The minimum atomic E-state index is 0.542. The highest BCUT2D eigenvalue weighted by atomic mass is 16.5. The van der Waals surface area contributed by atoms with Gasteiger partial charge in [0.2, 0.25) is 5.75 Å². The number of benzene rings is 1.